The number of hydrogen-bond acceptors (Lipinski definition) is 3. The molecule has 1 spiro atoms. The molecule has 5 rings (SSSR count). The molecule has 0 radical (unpaired) electrons. The first kappa shape index (κ1) is 24.0. The van der Waals surface area contributed by atoms with Crippen LogP contribution in [0.25, 0.3) is 0 Å². The van der Waals surface area contributed by atoms with E-state index < -0.39 is 5.60 Å². The molecule has 2 heterocycles. The molecule has 2 aromatic carbocycles. The standard InChI is InChI=1S/C30H41FN2O/c1-28(2,3)23-9-11-24(12-10-23)30(34)15-5-4-6-27(30)33-18-16-29(17-19-33)21-32-20-26(29)22-7-13-25(31)14-8-22/h7-14,26-27,32,34H,4-6,15-21H2,1-3H3. The first-order valence-electron chi connectivity index (χ1n) is 13.2. The molecule has 3 aliphatic rings. The Kier molecular flexibility index (Phi) is 6.37. The van der Waals surface area contributed by atoms with Crippen LogP contribution in [0.1, 0.15) is 81.9 Å². The summed E-state index contributed by atoms with van der Waals surface area (Å²) < 4.78 is 13.5. The van der Waals surface area contributed by atoms with Gasteiger partial charge in [0.05, 0.1) is 0 Å². The number of aliphatic hydroxyl groups is 1. The fourth-order valence-corrected chi connectivity index (χ4v) is 7.00. The van der Waals surface area contributed by atoms with E-state index in [1.54, 1.807) is 12.1 Å². The molecule has 2 aromatic rings. The van der Waals surface area contributed by atoms with E-state index in [0.29, 0.717) is 5.92 Å². The topological polar surface area (TPSA) is 35.5 Å². The summed E-state index contributed by atoms with van der Waals surface area (Å²) in [5.41, 5.74) is 3.22. The van der Waals surface area contributed by atoms with Crippen molar-refractivity contribution in [3.8, 4) is 0 Å². The van der Waals surface area contributed by atoms with Crippen LogP contribution in [0.15, 0.2) is 48.5 Å². The van der Waals surface area contributed by atoms with E-state index in [9.17, 15) is 9.50 Å². The van der Waals surface area contributed by atoms with Crippen LogP contribution in [0, 0.1) is 11.2 Å². The molecule has 3 atom stereocenters. The minimum Gasteiger partial charge on any atom is -0.384 e. The maximum absolute atomic E-state index is 13.5. The highest BCUT2D eigenvalue weighted by Gasteiger charge is 2.49. The van der Waals surface area contributed by atoms with Crippen LogP contribution in [0.3, 0.4) is 0 Å². The molecule has 184 valence electrons. The smallest absolute Gasteiger partial charge is 0.123 e. The zero-order chi connectivity index (χ0) is 24.0. The number of hydrogen-bond donors (Lipinski definition) is 2. The minimum absolute atomic E-state index is 0.116. The number of likely N-dealkylation sites (tertiary alicyclic amines) is 1. The molecule has 4 heteroatoms. The van der Waals surface area contributed by atoms with Gasteiger partial charge in [-0.15, -0.1) is 0 Å². The van der Waals surface area contributed by atoms with Crippen molar-refractivity contribution >= 4 is 0 Å². The largest absolute Gasteiger partial charge is 0.384 e. The molecular formula is C30H41FN2O. The Morgan fingerprint density at radius 2 is 1.62 bits per heavy atom. The Hall–Kier alpha value is -1.75. The van der Waals surface area contributed by atoms with Crippen LogP contribution in [0.5, 0.6) is 0 Å². The number of benzene rings is 2. The number of nitrogens with zero attached hydrogens (tertiary/aromatic N) is 1. The van der Waals surface area contributed by atoms with Crippen LogP contribution in [-0.2, 0) is 11.0 Å². The Morgan fingerprint density at radius 3 is 2.26 bits per heavy atom. The zero-order valence-electron chi connectivity index (χ0n) is 21.1. The van der Waals surface area contributed by atoms with Crippen molar-refractivity contribution < 1.29 is 9.50 Å². The van der Waals surface area contributed by atoms with Crippen LogP contribution in [-0.4, -0.2) is 42.2 Å². The van der Waals surface area contributed by atoms with Crippen molar-refractivity contribution in [2.24, 2.45) is 5.41 Å². The number of piperidine rings is 1. The predicted octanol–water partition coefficient (Wildman–Crippen LogP) is 5.72. The number of halogens is 1. The third kappa shape index (κ3) is 4.34. The predicted molar refractivity (Wildman–Crippen MR) is 137 cm³/mol. The third-order valence-corrected chi connectivity index (χ3v) is 9.16. The molecule has 3 nitrogen and oxygen atoms in total. The van der Waals surface area contributed by atoms with Crippen LogP contribution in [0.4, 0.5) is 4.39 Å². The summed E-state index contributed by atoms with van der Waals surface area (Å²) in [5.74, 6) is 0.274. The summed E-state index contributed by atoms with van der Waals surface area (Å²) in [5, 5.41) is 15.7. The van der Waals surface area contributed by atoms with Crippen LogP contribution in [0.2, 0.25) is 0 Å². The van der Waals surface area contributed by atoms with E-state index in [1.165, 1.54) is 17.5 Å². The fraction of sp³-hybridized carbons (Fsp3) is 0.600. The lowest BCUT2D eigenvalue weighted by molar-refractivity contribution is -0.0930. The molecule has 3 unspecified atom stereocenters. The molecule has 0 amide bonds. The summed E-state index contributed by atoms with van der Waals surface area (Å²) in [6, 6.07) is 16.1. The number of rotatable bonds is 3. The SMILES string of the molecule is CC(C)(C)c1ccc(C2(O)CCCCC2N2CCC3(CC2)CNCC3c2ccc(F)cc2)cc1. The summed E-state index contributed by atoms with van der Waals surface area (Å²) in [6.07, 6.45) is 6.42. The first-order chi connectivity index (χ1) is 16.2. The summed E-state index contributed by atoms with van der Waals surface area (Å²) in [4.78, 5) is 2.59. The second-order valence-corrected chi connectivity index (χ2v) is 12.1. The molecule has 2 N–H and O–H groups in total. The van der Waals surface area contributed by atoms with Gasteiger partial charge >= 0.3 is 0 Å². The highest BCUT2D eigenvalue weighted by Crippen LogP contribution is 2.49. The molecule has 34 heavy (non-hydrogen) atoms. The maximum Gasteiger partial charge on any atom is 0.123 e. The Bertz CT molecular complexity index is 972. The average molecular weight is 465 g/mol. The second-order valence-electron chi connectivity index (χ2n) is 12.1. The van der Waals surface area contributed by atoms with Crippen molar-refractivity contribution in [3.63, 3.8) is 0 Å². The van der Waals surface area contributed by atoms with E-state index in [2.05, 4.69) is 55.3 Å². The van der Waals surface area contributed by atoms with Crippen LogP contribution >= 0.6 is 0 Å². The van der Waals surface area contributed by atoms with E-state index in [1.807, 2.05) is 12.1 Å². The van der Waals surface area contributed by atoms with Gasteiger partial charge in [-0.1, -0.05) is 70.0 Å². The highest BCUT2D eigenvalue weighted by molar-refractivity contribution is 5.33. The van der Waals surface area contributed by atoms with Gasteiger partial charge in [0.15, 0.2) is 0 Å². The van der Waals surface area contributed by atoms with E-state index in [0.717, 1.165) is 63.8 Å². The van der Waals surface area contributed by atoms with Crippen LogP contribution < -0.4 is 5.32 Å². The van der Waals surface area contributed by atoms with Gasteiger partial charge in [-0.05, 0) is 78.4 Å². The molecule has 2 saturated heterocycles. The molecule has 1 saturated carbocycles. The van der Waals surface area contributed by atoms with Gasteiger partial charge in [0.2, 0.25) is 0 Å². The molecule has 0 bridgehead atoms. The molecule has 3 fully saturated rings. The third-order valence-electron chi connectivity index (χ3n) is 9.16. The van der Waals surface area contributed by atoms with Crippen molar-refractivity contribution in [1.82, 2.24) is 10.2 Å². The van der Waals surface area contributed by atoms with E-state index in [-0.39, 0.29) is 22.7 Å². The van der Waals surface area contributed by atoms with Crippen molar-refractivity contribution in [2.75, 3.05) is 26.2 Å². The van der Waals surface area contributed by atoms with Gasteiger partial charge < -0.3 is 10.4 Å². The molecule has 0 aromatic heterocycles. The number of nitrogens with one attached hydrogen (secondary N) is 1. The quantitative estimate of drug-likeness (QED) is 0.610. The van der Waals surface area contributed by atoms with Gasteiger partial charge in [0.25, 0.3) is 0 Å². The molecular weight excluding hydrogens is 423 g/mol. The molecule has 1 aliphatic carbocycles. The first-order valence-corrected chi connectivity index (χ1v) is 13.2. The van der Waals surface area contributed by atoms with Gasteiger partial charge in [-0.3, -0.25) is 4.90 Å². The van der Waals surface area contributed by atoms with Gasteiger partial charge in [-0.25, -0.2) is 4.39 Å². The minimum atomic E-state index is -0.774. The fourth-order valence-electron chi connectivity index (χ4n) is 7.00. The molecule has 2 aliphatic heterocycles. The highest BCUT2D eigenvalue weighted by atomic mass is 19.1. The Morgan fingerprint density at radius 1 is 0.941 bits per heavy atom. The van der Waals surface area contributed by atoms with E-state index >= 15 is 0 Å². The second kappa shape index (κ2) is 9.04. The Labute approximate surface area is 204 Å². The Balaban J connectivity index is 1.33. The average Bonchev–Trinajstić information content (AvgIpc) is 3.23. The summed E-state index contributed by atoms with van der Waals surface area (Å²) in [6.45, 7) is 10.8. The van der Waals surface area contributed by atoms with E-state index in [4.69, 9.17) is 0 Å². The summed E-state index contributed by atoms with van der Waals surface area (Å²) in [7, 11) is 0. The van der Waals surface area contributed by atoms with Crippen molar-refractivity contribution in [2.45, 2.75) is 82.3 Å². The monoisotopic (exact) mass is 464 g/mol. The van der Waals surface area contributed by atoms with Gasteiger partial charge in [0.1, 0.15) is 11.4 Å². The van der Waals surface area contributed by atoms with Gasteiger partial charge in [0, 0.05) is 25.0 Å². The van der Waals surface area contributed by atoms with Crippen molar-refractivity contribution in [1.29, 1.82) is 0 Å². The van der Waals surface area contributed by atoms with Crippen molar-refractivity contribution in [3.05, 3.63) is 71.0 Å². The van der Waals surface area contributed by atoms with Gasteiger partial charge in [-0.2, -0.15) is 0 Å². The lowest BCUT2D eigenvalue weighted by Gasteiger charge is -2.51. The maximum atomic E-state index is 13.5. The zero-order valence-corrected chi connectivity index (χ0v) is 21.1. The lowest BCUT2D eigenvalue weighted by atomic mass is 9.67. The summed E-state index contributed by atoms with van der Waals surface area (Å²) >= 11 is 0. The normalized spacial score (nSPS) is 30.0. The lowest BCUT2D eigenvalue weighted by Crippen LogP contribution is -2.56.